The molecule has 0 fully saturated rings. The fourth-order valence-electron chi connectivity index (χ4n) is 5.67. The van der Waals surface area contributed by atoms with Crippen LogP contribution in [0.15, 0.2) is 54.6 Å². The lowest BCUT2D eigenvalue weighted by molar-refractivity contribution is 0.0488. The molecule has 0 radical (unpaired) electrons. The third-order valence-electron chi connectivity index (χ3n) is 8.72. The van der Waals surface area contributed by atoms with E-state index in [2.05, 4.69) is 138 Å². The molecule has 0 saturated heterocycles. The fourth-order valence-corrected chi connectivity index (χ4v) is 5.67. The first-order chi connectivity index (χ1) is 15.9. The average molecular weight is 477 g/mol. The molecule has 0 nitrogen and oxygen atoms in total. The highest BCUT2D eigenvalue weighted by Crippen LogP contribution is 2.54. The second-order valence-electron chi connectivity index (χ2n) is 15.2. The molecule has 196 valence electrons. The van der Waals surface area contributed by atoms with E-state index in [4.69, 9.17) is 0 Å². The maximum absolute atomic E-state index is 2.53. The molecule has 2 aromatic rings. The topological polar surface area (TPSA) is 0 Å². The molecule has 0 heterocycles. The number of hydrogen-bond donors (Lipinski definition) is 0. The van der Waals surface area contributed by atoms with E-state index in [1.165, 1.54) is 36.0 Å². The van der Waals surface area contributed by atoms with E-state index in [0.29, 0.717) is 23.2 Å². The van der Waals surface area contributed by atoms with Crippen molar-refractivity contribution in [3.8, 4) is 0 Å². The van der Waals surface area contributed by atoms with Crippen molar-refractivity contribution in [2.45, 2.75) is 121 Å². The minimum Gasteiger partial charge on any atom is -0.0622 e. The summed E-state index contributed by atoms with van der Waals surface area (Å²) in [6.45, 7) is 29.1. The summed E-state index contributed by atoms with van der Waals surface area (Å²) in [7, 11) is 0. The lowest BCUT2D eigenvalue weighted by Crippen LogP contribution is -2.40. The zero-order valence-electron chi connectivity index (χ0n) is 25.3. The molecule has 0 aliphatic rings. The third kappa shape index (κ3) is 8.51. The van der Waals surface area contributed by atoms with Crippen molar-refractivity contribution in [1.82, 2.24) is 0 Å². The average Bonchev–Trinajstić information content (AvgIpc) is 2.74. The van der Waals surface area contributed by atoms with Crippen molar-refractivity contribution in [3.63, 3.8) is 0 Å². The second kappa shape index (κ2) is 11.2. The number of benzene rings is 2. The SMILES string of the molecule is CC(C)C(CC(C)(C)C)c1ccc(C(CC(C)(C)C)C(C)(C)C(C)(C)CCc2ccccc2)cc1. The van der Waals surface area contributed by atoms with Gasteiger partial charge in [-0.3, -0.25) is 0 Å². The normalized spacial score (nSPS) is 15.3. The standard InChI is InChI=1S/C35H56/c1-26(2)30(24-32(3,4)5)28-18-20-29(21-19-28)31(25-33(6,7)8)35(11,12)34(9,10)23-22-27-16-14-13-15-17-27/h13-21,26,30-31H,22-25H2,1-12H3. The molecular formula is C35H56. The molecular weight excluding hydrogens is 420 g/mol. The van der Waals surface area contributed by atoms with Gasteiger partial charge in [0.25, 0.3) is 0 Å². The van der Waals surface area contributed by atoms with Crippen LogP contribution < -0.4 is 0 Å². The molecule has 0 spiro atoms. The van der Waals surface area contributed by atoms with Crippen molar-refractivity contribution < 1.29 is 0 Å². The van der Waals surface area contributed by atoms with Gasteiger partial charge in [0.05, 0.1) is 0 Å². The van der Waals surface area contributed by atoms with Gasteiger partial charge in [0.1, 0.15) is 0 Å². The number of aryl methyl sites for hydroxylation is 1. The lowest BCUT2D eigenvalue weighted by Gasteiger charge is -2.49. The largest absolute Gasteiger partial charge is 0.0622 e. The molecule has 0 heteroatoms. The highest BCUT2D eigenvalue weighted by molar-refractivity contribution is 5.30. The Bertz CT molecular complexity index is 882. The molecule has 2 rings (SSSR count). The summed E-state index contributed by atoms with van der Waals surface area (Å²) in [5.74, 6) is 1.78. The monoisotopic (exact) mass is 476 g/mol. The first-order valence-corrected chi connectivity index (χ1v) is 14.1. The minimum absolute atomic E-state index is 0.166. The molecule has 0 aromatic heterocycles. The summed E-state index contributed by atoms with van der Waals surface area (Å²) in [5, 5.41) is 0. The van der Waals surface area contributed by atoms with Crippen LogP contribution in [-0.4, -0.2) is 0 Å². The van der Waals surface area contributed by atoms with Gasteiger partial charge in [-0.05, 0) is 81.8 Å². The van der Waals surface area contributed by atoms with Gasteiger partial charge in [0.15, 0.2) is 0 Å². The fraction of sp³-hybridized carbons (Fsp3) is 0.657. The van der Waals surface area contributed by atoms with E-state index < -0.39 is 0 Å². The molecule has 0 amide bonds. The Balaban J connectivity index is 2.37. The van der Waals surface area contributed by atoms with Crippen LogP contribution >= 0.6 is 0 Å². The maximum Gasteiger partial charge on any atom is -0.0101 e. The third-order valence-corrected chi connectivity index (χ3v) is 8.72. The summed E-state index contributed by atoms with van der Waals surface area (Å²) in [4.78, 5) is 0. The van der Waals surface area contributed by atoms with Gasteiger partial charge < -0.3 is 0 Å². The molecule has 35 heavy (non-hydrogen) atoms. The molecule has 2 unspecified atom stereocenters. The highest BCUT2D eigenvalue weighted by atomic mass is 14.5. The molecule has 0 aliphatic carbocycles. The Morgan fingerprint density at radius 2 is 1.09 bits per heavy atom. The molecule has 0 N–H and O–H groups in total. The summed E-state index contributed by atoms with van der Waals surface area (Å²) in [5.41, 5.74) is 5.47. The quantitative estimate of drug-likeness (QED) is 0.320. The summed E-state index contributed by atoms with van der Waals surface area (Å²) < 4.78 is 0. The predicted molar refractivity (Wildman–Crippen MR) is 157 cm³/mol. The van der Waals surface area contributed by atoms with Gasteiger partial charge in [-0.25, -0.2) is 0 Å². The van der Waals surface area contributed by atoms with Gasteiger partial charge in [-0.15, -0.1) is 0 Å². The Hall–Kier alpha value is -1.56. The Kier molecular flexibility index (Phi) is 9.52. The van der Waals surface area contributed by atoms with Crippen molar-refractivity contribution in [3.05, 3.63) is 71.3 Å². The summed E-state index contributed by atoms with van der Waals surface area (Å²) >= 11 is 0. The van der Waals surface area contributed by atoms with Crippen LogP contribution in [0.5, 0.6) is 0 Å². The molecule has 2 atom stereocenters. The summed E-state index contributed by atoms with van der Waals surface area (Å²) in [6.07, 6.45) is 4.77. The Morgan fingerprint density at radius 3 is 1.54 bits per heavy atom. The lowest BCUT2D eigenvalue weighted by atomic mass is 9.55. The van der Waals surface area contributed by atoms with E-state index in [9.17, 15) is 0 Å². The minimum atomic E-state index is 0.166. The van der Waals surface area contributed by atoms with Gasteiger partial charge in [-0.2, -0.15) is 0 Å². The highest BCUT2D eigenvalue weighted by Gasteiger charge is 2.44. The van der Waals surface area contributed by atoms with Crippen molar-refractivity contribution >= 4 is 0 Å². The van der Waals surface area contributed by atoms with E-state index in [-0.39, 0.29) is 16.2 Å². The summed E-state index contributed by atoms with van der Waals surface area (Å²) in [6, 6.07) is 20.9. The van der Waals surface area contributed by atoms with Crippen molar-refractivity contribution in [2.24, 2.45) is 27.6 Å². The zero-order chi connectivity index (χ0) is 26.7. The Morgan fingerprint density at radius 1 is 0.600 bits per heavy atom. The van der Waals surface area contributed by atoms with Crippen LogP contribution in [0, 0.1) is 27.6 Å². The van der Waals surface area contributed by atoms with E-state index in [1.54, 1.807) is 0 Å². The molecule has 0 aliphatic heterocycles. The van der Waals surface area contributed by atoms with Crippen LogP contribution in [0.3, 0.4) is 0 Å². The predicted octanol–water partition coefficient (Wildman–Crippen LogP) is 11.1. The van der Waals surface area contributed by atoms with Gasteiger partial charge in [0.2, 0.25) is 0 Å². The molecule has 0 bridgehead atoms. The first kappa shape index (κ1) is 29.7. The van der Waals surface area contributed by atoms with Gasteiger partial charge in [-0.1, -0.05) is 138 Å². The molecule has 2 aromatic carbocycles. The zero-order valence-corrected chi connectivity index (χ0v) is 25.3. The van der Waals surface area contributed by atoms with Crippen molar-refractivity contribution in [2.75, 3.05) is 0 Å². The van der Waals surface area contributed by atoms with Crippen LogP contribution in [-0.2, 0) is 6.42 Å². The van der Waals surface area contributed by atoms with Crippen LogP contribution in [0.25, 0.3) is 0 Å². The van der Waals surface area contributed by atoms with Crippen LogP contribution in [0.4, 0.5) is 0 Å². The van der Waals surface area contributed by atoms with E-state index in [0.717, 1.165) is 6.42 Å². The number of hydrogen-bond acceptors (Lipinski definition) is 0. The van der Waals surface area contributed by atoms with Gasteiger partial charge >= 0.3 is 0 Å². The van der Waals surface area contributed by atoms with E-state index >= 15 is 0 Å². The number of rotatable bonds is 10. The first-order valence-electron chi connectivity index (χ1n) is 14.1. The van der Waals surface area contributed by atoms with Gasteiger partial charge in [0, 0.05) is 0 Å². The maximum atomic E-state index is 2.53. The Labute approximate surface area is 219 Å². The van der Waals surface area contributed by atoms with Crippen LogP contribution in [0.2, 0.25) is 0 Å². The smallest absolute Gasteiger partial charge is 0.0101 e. The van der Waals surface area contributed by atoms with E-state index in [1.807, 2.05) is 0 Å². The van der Waals surface area contributed by atoms with Crippen molar-refractivity contribution in [1.29, 1.82) is 0 Å². The van der Waals surface area contributed by atoms with Crippen LogP contribution in [0.1, 0.15) is 131 Å². The second-order valence-corrected chi connectivity index (χ2v) is 15.2. The molecule has 0 saturated carbocycles.